The number of carboxylic acids is 2. The molecule has 0 aliphatic heterocycles. The third-order valence-corrected chi connectivity index (χ3v) is 8.86. The zero-order chi connectivity index (χ0) is 24.1. The predicted octanol–water partition coefficient (Wildman–Crippen LogP) is 1.82. The molecule has 0 aliphatic rings. The number of aliphatic carboxylic acids is 2. The molecule has 0 saturated heterocycles. The van der Waals surface area contributed by atoms with Crippen LogP contribution in [0.2, 0.25) is 0 Å². The van der Waals surface area contributed by atoms with Gasteiger partial charge in [0.05, 0.1) is 0 Å². The predicted molar refractivity (Wildman–Crippen MR) is 133 cm³/mol. The van der Waals surface area contributed by atoms with Crippen molar-refractivity contribution in [3.05, 3.63) is 121 Å². The molecule has 0 aromatic heterocycles. The molecule has 0 saturated carbocycles. The first-order valence-corrected chi connectivity index (χ1v) is 12.1. The van der Waals surface area contributed by atoms with Crippen LogP contribution in [0.25, 0.3) is 0 Å². The summed E-state index contributed by atoms with van der Waals surface area (Å²) in [6.07, 6.45) is 0. The third kappa shape index (κ3) is 8.05. The Bertz CT molecular complexity index is 939. The molecule has 0 atom stereocenters. The first kappa shape index (κ1) is 28.9. The van der Waals surface area contributed by atoms with Crippen molar-refractivity contribution in [2.24, 2.45) is 0 Å². The Balaban J connectivity index is 0.000000563. The average Bonchev–Trinajstić information content (AvgIpc) is 2.82. The van der Waals surface area contributed by atoms with Crippen molar-refractivity contribution in [2.75, 3.05) is 0 Å². The molecule has 0 radical (unpaired) electrons. The summed E-state index contributed by atoms with van der Waals surface area (Å²) in [4.78, 5) is 17.8. The fourth-order valence-electron chi connectivity index (χ4n) is 3.50. The summed E-state index contributed by atoms with van der Waals surface area (Å²) in [6, 6.07) is 43.8. The molecule has 34 heavy (non-hydrogen) atoms. The van der Waals surface area contributed by atoms with Gasteiger partial charge in [-0.25, -0.2) is 0 Å². The molecule has 0 aliphatic carbocycles. The number of carbonyl (C=O) groups excluding carboxylic acids is 2. The number of benzene rings is 4. The van der Waals surface area contributed by atoms with E-state index >= 15 is 0 Å². The van der Waals surface area contributed by atoms with E-state index < -0.39 is 19.2 Å². The van der Waals surface area contributed by atoms with Gasteiger partial charge in [0.15, 0.2) is 0 Å². The number of hydrogen-bond donors (Lipinski definition) is 0. The molecule has 4 aromatic carbocycles. The maximum atomic E-state index is 8.89. The monoisotopic (exact) mass is 563 g/mol. The summed E-state index contributed by atoms with van der Waals surface area (Å²) in [7, 11) is -1.91. The van der Waals surface area contributed by atoms with E-state index in [-0.39, 0.29) is 20.4 Å². The molecule has 4 rings (SSSR count). The van der Waals surface area contributed by atoms with Crippen LogP contribution in [-0.4, -0.2) is 11.9 Å². The minimum atomic E-state index is -1.91. The van der Waals surface area contributed by atoms with E-state index in [0.717, 1.165) is 13.8 Å². The Morgan fingerprint density at radius 2 is 0.618 bits per heavy atom. The van der Waals surface area contributed by atoms with Gasteiger partial charge >= 0.3 is 20.4 Å². The molecule has 0 bridgehead atoms. The molecule has 0 heterocycles. The smallest absolute Gasteiger partial charge is 0.550 e. The molecule has 176 valence electrons. The molecular weight excluding hydrogens is 538 g/mol. The number of rotatable bonds is 4. The van der Waals surface area contributed by atoms with Gasteiger partial charge in [0.2, 0.25) is 0 Å². The molecule has 0 spiro atoms. The largest absolute Gasteiger partial charge is 2.00 e. The molecule has 4 nitrogen and oxygen atoms in total. The second-order valence-corrected chi connectivity index (χ2v) is 10.4. The van der Waals surface area contributed by atoms with Crippen molar-refractivity contribution in [2.45, 2.75) is 13.8 Å². The molecule has 0 unspecified atom stereocenters. The summed E-state index contributed by atoms with van der Waals surface area (Å²) >= 11 is 0. The van der Waals surface area contributed by atoms with Gasteiger partial charge in [0.25, 0.3) is 0 Å². The molecular formula is C28H26O4PPd+. The second-order valence-electron chi connectivity index (χ2n) is 7.00. The van der Waals surface area contributed by atoms with Gasteiger partial charge in [-0.1, -0.05) is 72.8 Å². The number of carbonyl (C=O) groups is 2. The average molecular weight is 564 g/mol. The number of hydrogen-bond acceptors (Lipinski definition) is 4. The molecule has 0 N–H and O–H groups in total. The van der Waals surface area contributed by atoms with Crippen molar-refractivity contribution in [3.8, 4) is 0 Å². The Kier molecular flexibility index (Phi) is 12.7. The van der Waals surface area contributed by atoms with Gasteiger partial charge < -0.3 is 19.8 Å². The zero-order valence-corrected chi connectivity index (χ0v) is 21.4. The van der Waals surface area contributed by atoms with E-state index in [0.29, 0.717) is 0 Å². The normalized spacial score (nSPS) is 9.71. The summed E-state index contributed by atoms with van der Waals surface area (Å²) in [5.74, 6) is -2.17. The first-order chi connectivity index (χ1) is 15.9. The van der Waals surface area contributed by atoms with Crippen LogP contribution in [0.5, 0.6) is 0 Å². The Labute approximate surface area is 215 Å². The van der Waals surface area contributed by atoms with Crippen LogP contribution >= 0.6 is 7.26 Å². The molecule has 0 fully saturated rings. The Morgan fingerprint density at radius 3 is 0.765 bits per heavy atom. The number of carboxylic acid groups (broad SMARTS) is 2. The van der Waals surface area contributed by atoms with E-state index in [1.54, 1.807) is 0 Å². The van der Waals surface area contributed by atoms with E-state index in [9.17, 15) is 0 Å². The quantitative estimate of drug-likeness (QED) is 0.280. The molecule has 0 amide bonds. The van der Waals surface area contributed by atoms with E-state index in [1.165, 1.54) is 21.2 Å². The van der Waals surface area contributed by atoms with Gasteiger partial charge in [-0.3, -0.25) is 0 Å². The van der Waals surface area contributed by atoms with Crippen molar-refractivity contribution in [1.82, 2.24) is 0 Å². The van der Waals surface area contributed by atoms with E-state index in [2.05, 4.69) is 121 Å². The fourth-order valence-corrected chi connectivity index (χ4v) is 7.77. The van der Waals surface area contributed by atoms with Crippen LogP contribution < -0.4 is 31.4 Å². The molecule has 4 aromatic rings. The SMILES string of the molecule is CC(=O)[O-].CC(=O)[O-].[Pd+2].c1ccc([P+](c2ccccc2)(c2ccccc2)c2ccccc2)cc1. The van der Waals surface area contributed by atoms with Gasteiger partial charge in [0, 0.05) is 11.9 Å². The van der Waals surface area contributed by atoms with Crippen LogP contribution in [0.4, 0.5) is 0 Å². The minimum Gasteiger partial charge on any atom is -0.550 e. The fraction of sp³-hybridized carbons (Fsp3) is 0.0714. The summed E-state index contributed by atoms with van der Waals surface area (Å²) in [6.45, 7) is 1.94. The van der Waals surface area contributed by atoms with Crippen LogP contribution in [0.1, 0.15) is 13.8 Å². The van der Waals surface area contributed by atoms with Crippen molar-refractivity contribution < 1.29 is 40.2 Å². The van der Waals surface area contributed by atoms with E-state index in [1.807, 2.05) is 0 Å². The Morgan fingerprint density at radius 1 is 0.471 bits per heavy atom. The van der Waals surface area contributed by atoms with Crippen LogP contribution in [-0.2, 0) is 30.0 Å². The summed E-state index contributed by atoms with van der Waals surface area (Å²) in [5, 5.41) is 23.3. The van der Waals surface area contributed by atoms with Crippen LogP contribution in [0, 0.1) is 0 Å². The third-order valence-electron chi connectivity index (χ3n) is 4.57. The summed E-state index contributed by atoms with van der Waals surface area (Å²) < 4.78 is 0. The van der Waals surface area contributed by atoms with Crippen molar-refractivity contribution in [1.29, 1.82) is 0 Å². The standard InChI is InChI=1S/C24H20P.2C2H4O2.Pd/c1-5-13-21(14-6-1)25(22-15-7-2-8-16-22,23-17-9-3-10-18-23)24-19-11-4-12-20-24;2*1-2(3)4;/h1-20H;2*1H3,(H,3,4);/q+1;;;+2/p-2. The second kappa shape index (κ2) is 14.9. The summed E-state index contributed by atoms with van der Waals surface area (Å²) in [5.41, 5.74) is 0. The zero-order valence-electron chi connectivity index (χ0n) is 18.9. The topological polar surface area (TPSA) is 80.3 Å². The van der Waals surface area contributed by atoms with Crippen molar-refractivity contribution >= 4 is 40.4 Å². The maximum Gasteiger partial charge on any atom is 2.00 e. The van der Waals surface area contributed by atoms with Gasteiger partial charge in [-0.2, -0.15) is 0 Å². The van der Waals surface area contributed by atoms with Gasteiger partial charge in [-0.15, -0.1) is 0 Å². The molecule has 6 heteroatoms. The van der Waals surface area contributed by atoms with Crippen molar-refractivity contribution in [3.63, 3.8) is 0 Å². The minimum absolute atomic E-state index is 0. The van der Waals surface area contributed by atoms with Gasteiger partial charge in [0.1, 0.15) is 28.5 Å². The van der Waals surface area contributed by atoms with Crippen LogP contribution in [0.3, 0.4) is 0 Å². The van der Waals surface area contributed by atoms with Gasteiger partial charge in [-0.05, 0) is 62.4 Å². The Hall–Kier alpha value is -3.09. The first-order valence-electron chi connectivity index (χ1n) is 10.4. The maximum absolute atomic E-state index is 8.89. The van der Waals surface area contributed by atoms with Crippen LogP contribution in [0.15, 0.2) is 121 Å². The van der Waals surface area contributed by atoms with E-state index in [4.69, 9.17) is 19.8 Å².